The molecule has 0 aliphatic heterocycles. The Kier molecular flexibility index (Phi) is 3.91. The van der Waals surface area contributed by atoms with Crippen LogP contribution in [0.15, 0.2) is 36.7 Å². The fourth-order valence-electron chi connectivity index (χ4n) is 2.27. The van der Waals surface area contributed by atoms with Gasteiger partial charge in [0.05, 0.1) is 0 Å². The van der Waals surface area contributed by atoms with Crippen LogP contribution in [0.4, 0.5) is 5.82 Å². The van der Waals surface area contributed by atoms with E-state index in [-0.39, 0.29) is 18.1 Å². The summed E-state index contributed by atoms with van der Waals surface area (Å²) in [4.78, 5) is 21.4. The third-order valence-electron chi connectivity index (χ3n) is 3.64. The Balaban J connectivity index is 1.90. The van der Waals surface area contributed by atoms with Gasteiger partial charge in [-0.1, -0.05) is 30.3 Å². The molecule has 1 aliphatic carbocycles. The Labute approximate surface area is 128 Å². The molecule has 0 unspecified atom stereocenters. The van der Waals surface area contributed by atoms with E-state index in [9.17, 15) is 9.90 Å². The summed E-state index contributed by atoms with van der Waals surface area (Å²) >= 11 is 0. The van der Waals surface area contributed by atoms with E-state index in [1.807, 2.05) is 42.3 Å². The van der Waals surface area contributed by atoms with Crippen molar-refractivity contribution in [3.05, 3.63) is 47.9 Å². The van der Waals surface area contributed by atoms with Gasteiger partial charge in [-0.3, -0.25) is 0 Å². The lowest BCUT2D eigenvalue weighted by atomic mass is 10.2. The van der Waals surface area contributed by atoms with Crippen LogP contribution in [0, 0.1) is 0 Å². The summed E-state index contributed by atoms with van der Waals surface area (Å²) in [6.45, 7) is 0.278. The maximum absolute atomic E-state index is 11.4. The molecule has 22 heavy (non-hydrogen) atoms. The minimum absolute atomic E-state index is 0.103. The van der Waals surface area contributed by atoms with Gasteiger partial charge in [-0.15, -0.1) is 0 Å². The molecule has 1 saturated carbocycles. The van der Waals surface area contributed by atoms with Gasteiger partial charge in [-0.05, 0) is 18.4 Å². The highest BCUT2D eigenvalue weighted by atomic mass is 16.5. The molecule has 1 fully saturated rings. The van der Waals surface area contributed by atoms with Gasteiger partial charge in [0, 0.05) is 13.1 Å². The molecule has 1 aromatic carbocycles. The molecule has 1 heterocycles. The number of aromatic nitrogens is 2. The van der Waals surface area contributed by atoms with Crippen LogP contribution < -0.4 is 9.64 Å². The van der Waals surface area contributed by atoms with Gasteiger partial charge in [0.15, 0.2) is 17.3 Å². The fourth-order valence-corrected chi connectivity index (χ4v) is 2.27. The monoisotopic (exact) mass is 299 g/mol. The zero-order valence-corrected chi connectivity index (χ0v) is 12.3. The predicted molar refractivity (Wildman–Crippen MR) is 81.2 cm³/mol. The first-order valence-corrected chi connectivity index (χ1v) is 7.14. The van der Waals surface area contributed by atoms with Crippen molar-refractivity contribution in [2.75, 3.05) is 11.9 Å². The van der Waals surface area contributed by atoms with Crippen molar-refractivity contribution in [2.45, 2.75) is 25.5 Å². The number of nitrogens with zero attached hydrogens (tertiary/aromatic N) is 3. The van der Waals surface area contributed by atoms with Crippen LogP contribution in [0.3, 0.4) is 0 Å². The molecule has 0 spiro atoms. The van der Waals surface area contributed by atoms with E-state index in [0.717, 1.165) is 18.4 Å². The predicted octanol–water partition coefficient (Wildman–Crippen LogP) is 2.35. The van der Waals surface area contributed by atoms with Crippen molar-refractivity contribution in [3.63, 3.8) is 0 Å². The molecule has 0 radical (unpaired) electrons. The second kappa shape index (κ2) is 6.01. The number of carboxylic acid groups (broad SMARTS) is 1. The first kappa shape index (κ1) is 14.3. The van der Waals surface area contributed by atoms with E-state index >= 15 is 0 Å². The van der Waals surface area contributed by atoms with E-state index in [4.69, 9.17) is 4.74 Å². The lowest BCUT2D eigenvalue weighted by Crippen LogP contribution is -2.23. The molecule has 3 rings (SSSR count). The molecular formula is C16H17N3O3. The summed E-state index contributed by atoms with van der Waals surface area (Å²) in [6.07, 6.45) is 3.44. The highest BCUT2D eigenvalue weighted by Gasteiger charge is 2.31. The third kappa shape index (κ3) is 3.00. The smallest absolute Gasteiger partial charge is 0.358 e. The molecule has 6 heteroatoms. The molecule has 114 valence electrons. The Bertz CT molecular complexity index is 672. The average Bonchev–Trinajstić information content (AvgIpc) is 3.37. The Morgan fingerprint density at radius 3 is 2.68 bits per heavy atom. The number of ether oxygens (including phenoxy) is 1. The summed E-state index contributed by atoms with van der Waals surface area (Å²) in [5.74, 6) is -0.352. The number of benzene rings is 1. The minimum Gasteiger partial charge on any atom is -0.483 e. The van der Waals surface area contributed by atoms with Crippen LogP contribution in [0.25, 0.3) is 0 Å². The summed E-state index contributed by atoms with van der Waals surface area (Å²) in [7, 11) is 1.90. The molecule has 0 atom stereocenters. The summed E-state index contributed by atoms with van der Waals surface area (Å²) < 4.78 is 5.77. The number of aromatic carboxylic acids is 1. The zero-order chi connectivity index (χ0) is 15.5. The van der Waals surface area contributed by atoms with Crippen molar-refractivity contribution >= 4 is 11.8 Å². The van der Waals surface area contributed by atoms with Crippen LogP contribution in [0.1, 0.15) is 28.9 Å². The summed E-state index contributed by atoms with van der Waals surface area (Å²) in [5, 5.41) is 9.33. The molecule has 0 bridgehead atoms. The van der Waals surface area contributed by atoms with Crippen LogP contribution in [0.5, 0.6) is 5.75 Å². The maximum Gasteiger partial charge on any atom is 0.358 e. The van der Waals surface area contributed by atoms with E-state index in [0.29, 0.717) is 11.9 Å². The van der Waals surface area contributed by atoms with Gasteiger partial charge in [0.1, 0.15) is 12.9 Å². The summed E-state index contributed by atoms with van der Waals surface area (Å²) in [5.41, 5.74) is 0.858. The van der Waals surface area contributed by atoms with Gasteiger partial charge in [0.25, 0.3) is 0 Å². The van der Waals surface area contributed by atoms with Gasteiger partial charge >= 0.3 is 5.97 Å². The quantitative estimate of drug-likeness (QED) is 0.882. The first-order valence-electron chi connectivity index (χ1n) is 7.14. The van der Waals surface area contributed by atoms with Gasteiger partial charge < -0.3 is 14.7 Å². The topological polar surface area (TPSA) is 75.6 Å². The third-order valence-corrected chi connectivity index (χ3v) is 3.64. The SMILES string of the molecule is CN(c1ncnc(C(=O)O)c1OCc1ccccc1)C1CC1. The van der Waals surface area contributed by atoms with E-state index < -0.39 is 5.97 Å². The standard InChI is InChI=1S/C16H17N3O3/c1-19(12-7-8-12)15-14(13(16(20)21)17-10-18-15)22-9-11-5-3-2-4-6-11/h2-6,10,12H,7-9H2,1H3,(H,20,21). The Morgan fingerprint density at radius 2 is 2.05 bits per heavy atom. The normalized spacial score (nSPS) is 13.7. The van der Waals surface area contributed by atoms with Crippen molar-refractivity contribution in [2.24, 2.45) is 0 Å². The molecule has 1 N–H and O–H groups in total. The lowest BCUT2D eigenvalue weighted by Gasteiger charge is -2.21. The van der Waals surface area contributed by atoms with Gasteiger partial charge in [0.2, 0.25) is 0 Å². The van der Waals surface area contributed by atoms with Crippen LogP contribution in [0.2, 0.25) is 0 Å². The van der Waals surface area contributed by atoms with E-state index in [1.165, 1.54) is 6.33 Å². The highest BCUT2D eigenvalue weighted by molar-refractivity contribution is 5.90. The molecule has 0 amide bonds. The van der Waals surface area contributed by atoms with Crippen molar-refractivity contribution in [3.8, 4) is 5.75 Å². The molecule has 2 aromatic rings. The van der Waals surface area contributed by atoms with Gasteiger partial charge in [-0.25, -0.2) is 14.8 Å². The minimum atomic E-state index is -1.11. The fraction of sp³-hybridized carbons (Fsp3) is 0.312. The number of anilines is 1. The molecular weight excluding hydrogens is 282 g/mol. The van der Waals surface area contributed by atoms with E-state index in [1.54, 1.807) is 0 Å². The van der Waals surface area contributed by atoms with Crippen molar-refractivity contribution in [1.82, 2.24) is 9.97 Å². The number of hydrogen-bond donors (Lipinski definition) is 1. The zero-order valence-electron chi connectivity index (χ0n) is 12.3. The Morgan fingerprint density at radius 1 is 1.32 bits per heavy atom. The lowest BCUT2D eigenvalue weighted by molar-refractivity contribution is 0.0684. The highest BCUT2D eigenvalue weighted by Crippen LogP contribution is 2.35. The molecule has 1 aromatic heterocycles. The number of hydrogen-bond acceptors (Lipinski definition) is 5. The second-order valence-electron chi connectivity index (χ2n) is 5.30. The van der Waals surface area contributed by atoms with Crippen LogP contribution in [-0.2, 0) is 6.61 Å². The number of carboxylic acids is 1. The van der Waals surface area contributed by atoms with E-state index in [2.05, 4.69) is 9.97 Å². The second-order valence-corrected chi connectivity index (χ2v) is 5.30. The molecule has 0 saturated heterocycles. The van der Waals surface area contributed by atoms with Crippen LogP contribution >= 0.6 is 0 Å². The number of rotatable bonds is 6. The summed E-state index contributed by atoms with van der Waals surface area (Å²) in [6, 6.07) is 9.99. The number of carbonyl (C=O) groups is 1. The average molecular weight is 299 g/mol. The maximum atomic E-state index is 11.4. The largest absolute Gasteiger partial charge is 0.483 e. The molecule has 1 aliphatic rings. The van der Waals surface area contributed by atoms with Crippen LogP contribution in [-0.4, -0.2) is 34.1 Å². The van der Waals surface area contributed by atoms with Crippen molar-refractivity contribution < 1.29 is 14.6 Å². The van der Waals surface area contributed by atoms with Gasteiger partial charge in [-0.2, -0.15) is 0 Å². The van der Waals surface area contributed by atoms with Crippen molar-refractivity contribution in [1.29, 1.82) is 0 Å². The molecule has 6 nitrogen and oxygen atoms in total. The Hall–Kier alpha value is -2.63. The first-order chi connectivity index (χ1) is 10.7.